The summed E-state index contributed by atoms with van der Waals surface area (Å²) in [5.41, 5.74) is -1.72. The Bertz CT molecular complexity index is 2170. The summed E-state index contributed by atoms with van der Waals surface area (Å²) in [4.78, 5) is 78.1. The summed E-state index contributed by atoms with van der Waals surface area (Å²) in [6.07, 6.45) is -1.69. The smallest absolute Gasteiger partial charge is 0.550 e. The number of carboxylic acid groups (broad SMARTS) is 1. The zero-order valence-electron chi connectivity index (χ0n) is 43.4. The van der Waals surface area contributed by atoms with Crippen LogP contribution >= 0.6 is 15.9 Å². The fraction of sp³-hybridized carbons (Fsp3) is 0.694. The van der Waals surface area contributed by atoms with Gasteiger partial charge in [0.25, 0.3) is 0 Å². The van der Waals surface area contributed by atoms with Crippen LogP contribution in [0.4, 0.5) is 35.9 Å². The van der Waals surface area contributed by atoms with Crippen LogP contribution in [0.3, 0.4) is 0 Å². The van der Waals surface area contributed by atoms with E-state index >= 15 is 0 Å². The van der Waals surface area contributed by atoms with E-state index in [0.717, 1.165) is 82.2 Å². The van der Waals surface area contributed by atoms with Gasteiger partial charge in [0.15, 0.2) is 0 Å². The Hall–Kier alpha value is -3.22. The number of halogens is 7. The molecule has 24 heteroatoms. The number of nitrogens with zero attached hydrogens (tertiary/aromatic N) is 6. The van der Waals surface area contributed by atoms with Crippen molar-refractivity contribution in [3.8, 4) is 0 Å². The summed E-state index contributed by atoms with van der Waals surface area (Å²) in [5, 5.41) is 9.49. The average Bonchev–Trinajstić information content (AvgIpc) is 3.83. The van der Waals surface area contributed by atoms with Gasteiger partial charge in [-0.15, -0.1) is 0 Å². The number of amides is 2. The first-order chi connectivity index (χ1) is 33.4. The molecule has 73 heavy (non-hydrogen) atoms. The van der Waals surface area contributed by atoms with E-state index in [1.165, 1.54) is 12.1 Å². The number of aromatic nitrogens is 2. The molecule has 16 nitrogen and oxygen atoms in total. The second kappa shape index (κ2) is 28.8. The van der Waals surface area contributed by atoms with Gasteiger partial charge in [-0.05, 0) is 159 Å². The standard InChI is InChI=1S/C24H34F3N3O4.C20H27BrF3N3O2.C4H8O2.CO2.K/c1-5-33-20(31)15-18-17(7-8-19(28-18)24(25,26)27)16-30-12-6-9-23(30)10-13-29(14-11-23)21(32)34-22(2,3)4;1-18(2,3)29-17(28)26-11-8-19(9-12-26)7-4-10-27(19)13-14-5-6-15(20(22,23)24)25-16(14)21;1-2-3-4(5)6;2-1-3;/h7-8H,5-6,9-16H2,1-4H3;5-6H,4,7-13H2,1-3H3;2-3H2,1H3,(H,5,6);;/q;;;;+1/p-1. The molecule has 0 radical (unpaired) electrons. The normalized spacial score (nSPS) is 17.6. The number of pyridine rings is 2. The molecule has 6 rings (SSSR count). The van der Waals surface area contributed by atoms with Crippen LogP contribution in [0.1, 0.15) is 148 Å². The summed E-state index contributed by atoms with van der Waals surface area (Å²) >= 11 is 3.21. The molecule has 2 aromatic rings. The van der Waals surface area contributed by atoms with Crippen LogP contribution in [0.25, 0.3) is 0 Å². The monoisotopic (exact) mass is 1130 g/mol. The molecule has 0 aromatic carbocycles. The molecule has 0 unspecified atom stereocenters. The van der Waals surface area contributed by atoms with Crippen molar-refractivity contribution in [3.05, 3.63) is 57.1 Å². The number of ether oxygens (including phenoxy) is 3. The number of carboxylic acids is 1. The number of hydrogen-bond acceptors (Lipinski definition) is 14. The van der Waals surface area contributed by atoms with Crippen LogP contribution < -0.4 is 56.5 Å². The van der Waals surface area contributed by atoms with E-state index in [2.05, 4.69) is 35.7 Å². The van der Waals surface area contributed by atoms with Crippen molar-refractivity contribution >= 4 is 46.2 Å². The Morgan fingerprint density at radius 2 is 1.07 bits per heavy atom. The van der Waals surface area contributed by atoms with Gasteiger partial charge in [0.2, 0.25) is 0 Å². The Morgan fingerprint density at radius 3 is 1.41 bits per heavy atom. The van der Waals surface area contributed by atoms with Crippen LogP contribution in [0.2, 0.25) is 0 Å². The molecular weight excluding hydrogens is 1070 g/mol. The largest absolute Gasteiger partial charge is 1.00 e. The summed E-state index contributed by atoms with van der Waals surface area (Å²) in [6.45, 7) is 19.7. The number of likely N-dealkylation sites (tertiary alicyclic amines) is 4. The number of esters is 1. The third kappa shape index (κ3) is 21.0. The first-order valence-corrected chi connectivity index (χ1v) is 24.8. The molecule has 4 fully saturated rings. The minimum absolute atomic E-state index is 0. The molecular formula is C49H68BrF6KN6O10. The molecule has 2 amide bonds. The van der Waals surface area contributed by atoms with Gasteiger partial charge in [0.05, 0.1) is 18.7 Å². The zero-order chi connectivity index (χ0) is 54.3. The van der Waals surface area contributed by atoms with Gasteiger partial charge in [0, 0.05) is 56.3 Å². The quantitative estimate of drug-likeness (QED) is 0.0969. The maximum absolute atomic E-state index is 13.2. The fourth-order valence-corrected chi connectivity index (χ4v) is 9.62. The summed E-state index contributed by atoms with van der Waals surface area (Å²) in [6, 6.07) is 4.93. The molecule has 0 aliphatic carbocycles. The van der Waals surface area contributed by atoms with E-state index in [1.807, 2.05) is 41.5 Å². The van der Waals surface area contributed by atoms with Gasteiger partial charge in [-0.3, -0.25) is 14.6 Å². The van der Waals surface area contributed by atoms with Crippen molar-refractivity contribution in [3.63, 3.8) is 0 Å². The molecule has 404 valence electrons. The van der Waals surface area contributed by atoms with E-state index in [4.69, 9.17) is 23.8 Å². The minimum Gasteiger partial charge on any atom is -0.550 e. The van der Waals surface area contributed by atoms with Crippen LogP contribution in [0.5, 0.6) is 0 Å². The van der Waals surface area contributed by atoms with Gasteiger partial charge in [0.1, 0.15) is 27.2 Å². The minimum atomic E-state index is -4.59. The molecule has 4 aliphatic rings. The predicted molar refractivity (Wildman–Crippen MR) is 250 cm³/mol. The van der Waals surface area contributed by atoms with Crippen molar-refractivity contribution in [2.75, 3.05) is 45.9 Å². The van der Waals surface area contributed by atoms with E-state index in [9.17, 15) is 50.6 Å². The number of piperidine rings is 2. The fourth-order valence-electron chi connectivity index (χ4n) is 9.17. The maximum Gasteiger partial charge on any atom is 1.00 e. The number of carbonyl (C=O) groups excluding carboxylic acids is 6. The van der Waals surface area contributed by atoms with Crippen molar-refractivity contribution in [2.24, 2.45) is 0 Å². The van der Waals surface area contributed by atoms with Crippen LogP contribution in [-0.2, 0) is 65.3 Å². The third-order valence-electron chi connectivity index (χ3n) is 12.5. The zero-order valence-corrected chi connectivity index (χ0v) is 48.1. The van der Waals surface area contributed by atoms with Crippen molar-refractivity contribution in [1.29, 1.82) is 0 Å². The Labute approximate surface area is 474 Å². The molecule has 0 bridgehead atoms. The third-order valence-corrected chi connectivity index (χ3v) is 13.2. The number of aliphatic carboxylic acids is 1. The molecule has 2 aromatic heterocycles. The summed E-state index contributed by atoms with van der Waals surface area (Å²) in [7, 11) is 0. The SMILES string of the molecule is CC(C)(C)OC(=O)N1CCC2(CCCN2Cc2ccc(C(F)(F)F)nc2Br)CC1.CCCC(=O)[O-].CCOC(=O)Cc1nc(C(F)(F)F)ccc1CN1CCCC12CCN(C(=O)OC(C)(C)C)CC2.O=C=O.[K+]. The topological polar surface area (TPSA) is 192 Å². The van der Waals surface area contributed by atoms with Crippen LogP contribution in [-0.4, -0.2) is 128 Å². The first-order valence-electron chi connectivity index (χ1n) is 24.0. The Balaban J connectivity index is 0.000000427. The van der Waals surface area contributed by atoms with Crippen molar-refractivity contribution in [1.82, 2.24) is 29.6 Å². The molecule has 4 saturated heterocycles. The molecule has 6 heterocycles. The average molecular weight is 1130 g/mol. The van der Waals surface area contributed by atoms with Gasteiger partial charge < -0.3 is 33.9 Å². The van der Waals surface area contributed by atoms with Crippen molar-refractivity contribution < 1.29 is 126 Å². The van der Waals surface area contributed by atoms with Gasteiger partial charge in [-0.2, -0.15) is 35.9 Å². The molecule has 0 atom stereocenters. The van der Waals surface area contributed by atoms with E-state index in [0.29, 0.717) is 51.3 Å². The first kappa shape index (κ1) is 65.9. The number of hydrogen-bond donors (Lipinski definition) is 0. The summed E-state index contributed by atoms with van der Waals surface area (Å²) < 4.78 is 94.5. The number of rotatable bonds is 9. The number of carbonyl (C=O) groups is 4. The molecule has 0 saturated carbocycles. The van der Waals surface area contributed by atoms with E-state index in [-0.39, 0.29) is 111 Å². The predicted octanol–water partition coefficient (Wildman–Crippen LogP) is 5.76. The Kier molecular flexibility index (Phi) is 26.0. The van der Waals surface area contributed by atoms with Gasteiger partial charge in [-0.25, -0.2) is 19.6 Å². The Morgan fingerprint density at radius 1 is 0.671 bits per heavy atom. The van der Waals surface area contributed by atoms with E-state index < -0.39 is 46.9 Å². The maximum atomic E-state index is 13.2. The van der Waals surface area contributed by atoms with Crippen LogP contribution in [0, 0.1) is 0 Å². The number of alkyl halides is 6. The van der Waals surface area contributed by atoms with Crippen molar-refractivity contribution in [2.45, 2.75) is 174 Å². The van der Waals surface area contributed by atoms with E-state index in [1.54, 1.807) is 23.6 Å². The summed E-state index contributed by atoms with van der Waals surface area (Å²) in [5.74, 6) is -1.56. The van der Waals surface area contributed by atoms with Crippen LogP contribution in [0.15, 0.2) is 28.9 Å². The molecule has 4 aliphatic heterocycles. The second-order valence-electron chi connectivity index (χ2n) is 20.1. The second-order valence-corrected chi connectivity index (χ2v) is 20.8. The van der Waals surface area contributed by atoms with Gasteiger partial charge >= 0.3 is 88.0 Å². The molecule has 0 N–H and O–H groups in total. The molecule has 2 spiro atoms. The van der Waals surface area contributed by atoms with Gasteiger partial charge in [-0.1, -0.05) is 25.5 Å².